The van der Waals surface area contributed by atoms with Gasteiger partial charge in [-0.3, -0.25) is 4.79 Å². The third kappa shape index (κ3) is 5.97. The zero-order valence-electron chi connectivity index (χ0n) is 25.2. The van der Waals surface area contributed by atoms with Crippen LogP contribution in [0.15, 0.2) is 103 Å². The molecule has 0 fully saturated rings. The van der Waals surface area contributed by atoms with E-state index in [2.05, 4.69) is 98.8 Å². The van der Waals surface area contributed by atoms with Crippen LogP contribution in [0.1, 0.15) is 47.2 Å². The van der Waals surface area contributed by atoms with Crippen LogP contribution in [0.2, 0.25) is 0 Å². The van der Waals surface area contributed by atoms with Crippen LogP contribution in [0, 0.1) is 0 Å². The van der Waals surface area contributed by atoms with E-state index in [0.29, 0.717) is 38.8 Å². The summed E-state index contributed by atoms with van der Waals surface area (Å²) in [6.45, 7) is 1.06. The lowest BCUT2D eigenvalue weighted by molar-refractivity contribution is -0.122. The fraction of sp³-hybridized carbons (Fsp3) is 0.216. The molecular weight excluding hydrogens is 558 g/mol. The molecule has 0 aliphatic heterocycles. The Morgan fingerprint density at radius 1 is 0.756 bits per heavy atom. The van der Waals surface area contributed by atoms with Gasteiger partial charge >= 0.3 is 0 Å². The van der Waals surface area contributed by atoms with Gasteiger partial charge in [-0.25, -0.2) is 0 Å². The fourth-order valence-electron chi connectivity index (χ4n) is 6.41. The summed E-state index contributed by atoms with van der Waals surface area (Å²) in [5.74, 6) is 1.61. The van der Waals surface area contributed by atoms with Crippen molar-refractivity contribution in [2.75, 3.05) is 6.54 Å². The van der Waals surface area contributed by atoms with Crippen LogP contribution in [0.3, 0.4) is 0 Å². The van der Waals surface area contributed by atoms with E-state index in [1.165, 1.54) is 27.3 Å². The van der Waals surface area contributed by atoms with Crippen molar-refractivity contribution in [3.05, 3.63) is 132 Å². The third-order valence-electron chi connectivity index (χ3n) is 8.71. The molecule has 45 heavy (non-hydrogen) atoms. The van der Waals surface area contributed by atoms with E-state index in [0.717, 1.165) is 40.1 Å². The lowest BCUT2D eigenvalue weighted by Crippen LogP contribution is -2.32. The Morgan fingerprint density at radius 2 is 1.42 bits per heavy atom. The van der Waals surface area contributed by atoms with Gasteiger partial charge < -0.3 is 25.6 Å². The molecule has 0 spiro atoms. The van der Waals surface area contributed by atoms with Gasteiger partial charge in [0.15, 0.2) is 5.82 Å². The van der Waals surface area contributed by atoms with Crippen LogP contribution in [0.5, 0.6) is 0 Å². The molecule has 1 amide bonds. The molecule has 0 aliphatic carbocycles. The number of para-hydroxylation sites is 2. The van der Waals surface area contributed by atoms with E-state index in [1.54, 1.807) is 0 Å². The minimum Gasteiger partial charge on any atom is -0.361 e. The number of amides is 1. The van der Waals surface area contributed by atoms with Crippen molar-refractivity contribution in [3.8, 4) is 0 Å². The predicted molar refractivity (Wildman–Crippen MR) is 180 cm³/mol. The van der Waals surface area contributed by atoms with E-state index in [9.17, 15) is 4.79 Å². The fourth-order valence-corrected chi connectivity index (χ4v) is 6.41. The largest absolute Gasteiger partial charge is 0.361 e. The van der Waals surface area contributed by atoms with E-state index < -0.39 is 0 Å². The number of nitrogens with two attached hydrogens (primary N) is 1. The molecule has 0 bridgehead atoms. The third-order valence-corrected chi connectivity index (χ3v) is 8.71. The summed E-state index contributed by atoms with van der Waals surface area (Å²) in [7, 11) is 0. The highest BCUT2D eigenvalue weighted by Crippen LogP contribution is 2.28. The lowest BCUT2D eigenvalue weighted by atomic mass is 10.0. The molecular formula is C37H37N7O. The maximum atomic E-state index is 13.2. The molecule has 3 aromatic heterocycles. The molecule has 0 saturated heterocycles. The Labute approximate surface area is 261 Å². The molecule has 0 radical (unpaired) electrons. The molecule has 5 N–H and O–H groups in total. The first-order chi connectivity index (χ1) is 22.2. The average Bonchev–Trinajstić information content (AvgIpc) is 3.80. The number of hydrogen-bond donors (Lipinski definition) is 4. The second kappa shape index (κ2) is 12.8. The number of nitrogens with zero attached hydrogens (tertiary/aromatic N) is 3. The maximum absolute atomic E-state index is 13.2. The second-order valence-electron chi connectivity index (χ2n) is 11.6. The number of H-pyrrole nitrogens is 2. The molecule has 0 aliphatic rings. The van der Waals surface area contributed by atoms with Gasteiger partial charge in [-0.2, -0.15) is 0 Å². The summed E-state index contributed by atoms with van der Waals surface area (Å²) in [6.07, 6.45) is 7.22. The highest BCUT2D eigenvalue weighted by atomic mass is 16.1. The monoisotopic (exact) mass is 595 g/mol. The van der Waals surface area contributed by atoms with Gasteiger partial charge in [0.25, 0.3) is 0 Å². The number of hydrogen-bond acceptors (Lipinski definition) is 4. The highest BCUT2D eigenvalue weighted by molar-refractivity contribution is 5.86. The van der Waals surface area contributed by atoms with Crippen LogP contribution in [-0.4, -0.2) is 37.2 Å². The Bertz CT molecular complexity index is 2080. The molecule has 0 saturated carbocycles. The van der Waals surface area contributed by atoms with E-state index in [4.69, 9.17) is 15.9 Å². The Morgan fingerprint density at radius 3 is 2.20 bits per heavy atom. The normalized spacial score (nSPS) is 12.3. The summed E-state index contributed by atoms with van der Waals surface area (Å²) in [5, 5.41) is 17.6. The number of aryl methyl sites for hydroxylation is 2. The van der Waals surface area contributed by atoms with Gasteiger partial charge in [0.05, 0.1) is 12.6 Å². The summed E-state index contributed by atoms with van der Waals surface area (Å²) in [4.78, 5) is 20.0. The SMILES string of the molecule is NCCCC(=O)N[C@H](Cc1c[nH]c2ccccc12)c1nnc(CCc2c[nH]c3ccccc23)n1Cc1cccc2ccccc12. The first kappa shape index (κ1) is 28.6. The van der Waals surface area contributed by atoms with Crippen molar-refractivity contribution in [2.45, 2.75) is 44.7 Å². The van der Waals surface area contributed by atoms with E-state index >= 15 is 0 Å². The van der Waals surface area contributed by atoms with Crippen LogP contribution in [0.4, 0.5) is 0 Å². The van der Waals surface area contributed by atoms with Crippen molar-refractivity contribution < 1.29 is 4.79 Å². The number of rotatable bonds is 12. The molecule has 3 heterocycles. The number of carbonyl (C=O) groups is 1. The van der Waals surface area contributed by atoms with Gasteiger partial charge in [0, 0.05) is 53.5 Å². The summed E-state index contributed by atoms with van der Waals surface area (Å²) >= 11 is 0. The first-order valence-electron chi connectivity index (χ1n) is 15.7. The van der Waals surface area contributed by atoms with Gasteiger partial charge in [-0.1, -0.05) is 78.9 Å². The maximum Gasteiger partial charge on any atom is 0.220 e. The zero-order valence-corrected chi connectivity index (χ0v) is 25.2. The van der Waals surface area contributed by atoms with Crippen LogP contribution < -0.4 is 11.1 Å². The van der Waals surface area contributed by atoms with Gasteiger partial charge in [-0.15, -0.1) is 10.2 Å². The molecule has 226 valence electrons. The zero-order chi connectivity index (χ0) is 30.6. The number of fused-ring (bicyclic) bond motifs is 3. The van der Waals surface area contributed by atoms with Crippen LogP contribution >= 0.6 is 0 Å². The van der Waals surface area contributed by atoms with Crippen LogP contribution in [-0.2, 0) is 30.6 Å². The number of carbonyl (C=O) groups excluding carboxylic acids is 1. The van der Waals surface area contributed by atoms with Gasteiger partial charge in [0.2, 0.25) is 5.91 Å². The van der Waals surface area contributed by atoms with Crippen molar-refractivity contribution in [1.29, 1.82) is 0 Å². The van der Waals surface area contributed by atoms with Crippen molar-refractivity contribution in [1.82, 2.24) is 30.0 Å². The minimum absolute atomic E-state index is 0.0367. The first-order valence-corrected chi connectivity index (χ1v) is 15.7. The minimum atomic E-state index is -0.376. The Kier molecular flexibility index (Phi) is 8.12. The Balaban J connectivity index is 1.29. The van der Waals surface area contributed by atoms with Crippen molar-refractivity contribution >= 4 is 38.5 Å². The summed E-state index contributed by atoms with van der Waals surface area (Å²) in [5.41, 5.74) is 11.5. The van der Waals surface area contributed by atoms with Crippen molar-refractivity contribution in [2.24, 2.45) is 5.73 Å². The molecule has 8 nitrogen and oxygen atoms in total. The van der Waals surface area contributed by atoms with Gasteiger partial charge in [0.1, 0.15) is 5.82 Å². The van der Waals surface area contributed by atoms with Crippen molar-refractivity contribution in [3.63, 3.8) is 0 Å². The lowest BCUT2D eigenvalue weighted by Gasteiger charge is -2.21. The topological polar surface area (TPSA) is 117 Å². The number of aromatic amines is 2. The molecule has 8 heteroatoms. The quantitative estimate of drug-likeness (QED) is 0.131. The summed E-state index contributed by atoms with van der Waals surface area (Å²) < 4.78 is 2.22. The van der Waals surface area contributed by atoms with Crippen LogP contribution in [0.25, 0.3) is 32.6 Å². The average molecular weight is 596 g/mol. The second-order valence-corrected chi connectivity index (χ2v) is 11.6. The molecule has 0 unspecified atom stereocenters. The summed E-state index contributed by atoms with van der Waals surface area (Å²) in [6, 6.07) is 31.1. The highest BCUT2D eigenvalue weighted by Gasteiger charge is 2.25. The molecule has 1 atom stereocenters. The molecule has 4 aromatic carbocycles. The number of benzene rings is 4. The smallest absolute Gasteiger partial charge is 0.220 e. The van der Waals surface area contributed by atoms with Gasteiger partial charge in [-0.05, 0) is 59.0 Å². The van der Waals surface area contributed by atoms with E-state index in [1.807, 2.05) is 24.4 Å². The molecule has 7 aromatic rings. The Hall–Kier alpha value is -5.21. The van der Waals surface area contributed by atoms with E-state index in [-0.39, 0.29) is 11.9 Å². The number of aromatic nitrogens is 5. The standard InChI is InChI=1S/C37H37N7O/c38-20-8-17-36(45)41-34(21-28-23-40-33-16-6-4-14-31(28)33)37-43-42-35(19-18-26-22-39-32-15-5-3-13-30(26)32)44(37)24-27-11-7-10-25-9-1-2-12-29(25)27/h1-7,9-16,22-23,34,39-40H,8,17-21,24,38H2,(H,41,45)/t34-/m1/s1. The predicted octanol–water partition coefficient (Wildman–Crippen LogP) is 6.37. The number of nitrogens with one attached hydrogen (secondary N) is 3. The molecule has 7 rings (SSSR count).